The summed E-state index contributed by atoms with van der Waals surface area (Å²) >= 11 is 0. The highest BCUT2D eigenvalue weighted by Crippen LogP contribution is 2.13. The van der Waals surface area contributed by atoms with E-state index >= 15 is 0 Å². The Morgan fingerprint density at radius 2 is 2.11 bits per heavy atom. The Morgan fingerprint density at radius 3 is 2.74 bits per heavy atom. The summed E-state index contributed by atoms with van der Waals surface area (Å²) in [5, 5.41) is 2.94. The van der Waals surface area contributed by atoms with E-state index in [1.165, 1.54) is 0 Å². The molecule has 5 nitrogen and oxygen atoms in total. The molecule has 106 valence electrons. The van der Waals surface area contributed by atoms with Gasteiger partial charge in [-0.25, -0.2) is 0 Å². The molecular formula is C14H22N2O3. The first-order valence-corrected chi connectivity index (χ1v) is 6.82. The molecule has 0 spiro atoms. The van der Waals surface area contributed by atoms with Crippen molar-refractivity contribution in [1.82, 2.24) is 10.2 Å². The van der Waals surface area contributed by atoms with E-state index in [9.17, 15) is 4.79 Å². The predicted octanol–water partition coefficient (Wildman–Crippen LogP) is 1.35. The van der Waals surface area contributed by atoms with Gasteiger partial charge in [0.1, 0.15) is 11.5 Å². The van der Waals surface area contributed by atoms with Crippen molar-refractivity contribution in [3.63, 3.8) is 0 Å². The molecule has 5 heteroatoms. The lowest BCUT2D eigenvalue weighted by atomic mass is 10.2. The summed E-state index contributed by atoms with van der Waals surface area (Å²) in [6.07, 6.45) is 0.960. The Labute approximate surface area is 113 Å². The Morgan fingerprint density at radius 1 is 1.37 bits per heavy atom. The number of carbonyl (C=O) groups excluding carboxylic acids is 1. The van der Waals surface area contributed by atoms with Gasteiger partial charge in [0.15, 0.2) is 0 Å². The van der Waals surface area contributed by atoms with Gasteiger partial charge in [0.25, 0.3) is 5.91 Å². The van der Waals surface area contributed by atoms with E-state index < -0.39 is 0 Å². The number of morpholine rings is 1. The third-order valence-corrected chi connectivity index (χ3v) is 3.33. The lowest BCUT2D eigenvalue weighted by Gasteiger charge is -2.26. The molecule has 1 fully saturated rings. The van der Waals surface area contributed by atoms with Crippen molar-refractivity contribution < 1.29 is 13.9 Å². The van der Waals surface area contributed by atoms with Crippen molar-refractivity contribution >= 4 is 5.91 Å². The second kappa shape index (κ2) is 6.73. The highest BCUT2D eigenvalue weighted by molar-refractivity contribution is 5.95. The van der Waals surface area contributed by atoms with Crippen molar-refractivity contribution in [2.24, 2.45) is 0 Å². The number of nitrogens with one attached hydrogen (secondary N) is 1. The van der Waals surface area contributed by atoms with Gasteiger partial charge in [0.05, 0.1) is 18.8 Å². The minimum atomic E-state index is -0.0451. The predicted molar refractivity (Wildman–Crippen MR) is 72.4 cm³/mol. The number of furan rings is 1. The Hall–Kier alpha value is -1.33. The maximum atomic E-state index is 11.9. The summed E-state index contributed by atoms with van der Waals surface area (Å²) in [7, 11) is 0. The summed E-state index contributed by atoms with van der Waals surface area (Å²) in [6, 6.07) is 1.78. The van der Waals surface area contributed by atoms with E-state index in [4.69, 9.17) is 9.15 Å². The van der Waals surface area contributed by atoms with Crippen LogP contribution in [-0.2, 0) is 4.74 Å². The number of amides is 1. The van der Waals surface area contributed by atoms with Crippen LogP contribution in [0.4, 0.5) is 0 Å². The average Bonchev–Trinajstić information content (AvgIpc) is 2.75. The lowest BCUT2D eigenvalue weighted by molar-refractivity contribution is 0.0374. The van der Waals surface area contributed by atoms with Crippen LogP contribution in [0, 0.1) is 13.8 Å². The molecule has 1 aromatic rings. The normalized spacial score (nSPS) is 16.5. The van der Waals surface area contributed by atoms with Crippen molar-refractivity contribution in [2.75, 3.05) is 39.4 Å². The van der Waals surface area contributed by atoms with E-state index in [-0.39, 0.29) is 5.91 Å². The molecule has 0 saturated carbocycles. The molecule has 1 aliphatic rings. The molecule has 0 unspecified atom stereocenters. The lowest BCUT2D eigenvalue weighted by Crippen LogP contribution is -2.38. The van der Waals surface area contributed by atoms with Gasteiger partial charge in [0, 0.05) is 19.6 Å². The van der Waals surface area contributed by atoms with Crippen LogP contribution in [0.25, 0.3) is 0 Å². The van der Waals surface area contributed by atoms with E-state index in [2.05, 4.69) is 10.2 Å². The van der Waals surface area contributed by atoms with Crippen LogP contribution >= 0.6 is 0 Å². The number of hydrogen-bond acceptors (Lipinski definition) is 4. The molecule has 0 aromatic carbocycles. The van der Waals surface area contributed by atoms with Gasteiger partial charge in [-0.2, -0.15) is 0 Å². The van der Waals surface area contributed by atoms with Gasteiger partial charge >= 0.3 is 0 Å². The van der Waals surface area contributed by atoms with Crippen LogP contribution in [0.2, 0.25) is 0 Å². The third-order valence-electron chi connectivity index (χ3n) is 3.33. The van der Waals surface area contributed by atoms with E-state index in [1.54, 1.807) is 6.07 Å². The van der Waals surface area contributed by atoms with Crippen molar-refractivity contribution in [1.29, 1.82) is 0 Å². The molecule has 19 heavy (non-hydrogen) atoms. The van der Waals surface area contributed by atoms with E-state index in [0.29, 0.717) is 17.9 Å². The second-order valence-corrected chi connectivity index (χ2v) is 4.89. The molecule has 1 N–H and O–H groups in total. The summed E-state index contributed by atoms with van der Waals surface area (Å²) in [5.74, 6) is 1.41. The van der Waals surface area contributed by atoms with Gasteiger partial charge in [-0.05, 0) is 32.9 Å². The molecule has 2 heterocycles. The van der Waals surface area contributed by atoms with Crippen molar-refractivity contribution in [3.05, 3.63) is 23.2 Å². The van der Waals surface area contributed by atoms with Gasteiger partial charge in [-0.3, -0.25) is 9.69 Å². The number of hydrogen-bond donors (Lipinski definition) is 1. The summed E-state index contributed by atoms with van der Waals surface area (Å²) in [6.45, 7) is 8.99. The molecule has 1 aliphatic heterocycles. The highest BCUT2D eigenvalue weighted by atomic mass is 16.5. The standard InChI is InChI=1S/C14H22N2O3/c1-11-10-13(12(2)19-11)14(17)15-4-3-5-16-6-8-18-9-7-16/h10H,3-9H2,1-2H3,(H,15,17). The van der Waals surface area contributed by atoms with E-state index in [1.807, 2.05) is 13.8 Å². The average molecular weight is 266 g/mol. The van der Waals surface area contributed by atoms with Crippen LogP contribution < -0.4 is 5.32 Å². The zero-order valence-electron chi connectivity index (χ0n) is 11.7. The van der Waals surface area contributed by atoms with E-state index in [0.717, 1.165) is 45.0 Å². The van der Waals surface area contributed by atoms with Crippen LogP contribution in [0.1, 0.15) is 28.3 Å². The zero-order chi connectivity index (χ0) is 13.7. The highest BCUT2D eigenvalue weighted by Gasteiger charge is 2.13. The maximum absolute atomic E-state index is 11.9. The number of nitrogens with zero attached hydrogens (tertiary/aromatic N) is 1. The topological polar surface area (TPSA) is 54.7 Å². The molecule has 1 amide bonds. The van der Waals surface area contributed by atoms with Crippen LogP contribution in [0.5, 0.6) is 0 Å². The molecule has 1 saturated heterocycles. The minimum absolute atomic E-state index is 0.0451. The van der Waals surface area contributed by atoms with Gasteiger partial charge in [-0.15, -0.1) is 0 Å². The van der Waals surface area contributed by atoms with Crippen molar-refractivity contribution in [3.8, 4) is 0 Å². The molecule has 0 atom stereocenters. The first-order valence-electron chi connectivity index (χ1n) is 6.82. The van der Waals surface area contributed by atoms with Crippen LogP contribution in [0.3, 0.4) is 0 Å². The van der Waals surface area contributed by atoms with Crippen LogP contribution in [-0.4, -0.2) is 50.2 Å². The molecule has 2 rings (SSSR count). The fraction of sp³-hybridized carbons (Fsp3) is 0.643. The first-order chi connectivity index (χ1) is 9.16. The summed E-state index contributed by atoms with van der Waals surface area (Å²) in [4.78, 5) is 14.3. The molecule has 0 bridgehead atoms. The largest absolute Gasteiger partial charge is 0.466 e. The Balaban J connectivity index is 1.67. The van der Waals surface area contributed by atoms with Gasteiger partial charge < -0.3 is 14.5 Å². The molecule has 1 aromatic heterocycles. The number of rotatable bonds is 5. The van der Waals surface area contributed by atoms with Crippen LogP contribution in [0.15, 0.2) is 10.5 Å². The SMILES string of the molecule is Cc1cc(C(=O)NCCCN2CCOCC2)c(C)o1. The minimum Gasteiger partial charge on any atom is -0.466 e. The monoisotopic (exact) mass is 266 g/mol. The fourth-order valence-electron chi connectivity index (χ4n) is 2.28. The van der Waals surface area contributed by atoms with Crippen molar-refractivity contribution in [2.45, 2.75) is 20.3 Å². The quantitative estimate of drug-likeness (QED) is 0.817. The first kappa shape index (κ1) is 14.1. The molecule has 0 radical (unpaired) electrons. The van der Waals surface area contributed by atoms with Gasteiger partial charge in [-0.1, -0.05) is 0 Å². The molecular weight excluding hydrogens is 244 g/mol. The maximum Gasteiger partial charge on any atom is 0.254 e. The Bertz CT molecular complexity index is 422. The second-order valence-electron chi connectivity index (χ2n) is 4.89. The fourth-order valence-corrected chi connectivity index (χ4v) is 2.28. The number of carbonyl (C=O) groups is 1. The smallest absolute Gasteiger partial charge is 0.254 e. The zero-order valence-corrected chi connectivity index (χ0v) is 11.7. The third kappa shape index (κ3) is 4.08. The van der Waals surface area contributed by atoms with Gasteiger partial charge in [0.2, 0.25) is 0 Å². The Kier molecular flexibility index (Phi) is 4.99. The summed E-state index contributed by atoms with van der Waals surface area (Å²) in [5.41, 5.74) is 0.642. The molecule has 0 aliphatic carbocycles. The number of aryl methyl sites for hydroxylation is 2. The number of ether oxygens (including phenoxy) is 1. The summed E-state index contributed by atoms with van der Waals surface area (Å²) < 4.78 is 10.6.